The molecule has 0 aliphatic carbocycles. The van der Waals surface area contributed by atoms with Crippen molar-refractivity contribution in [1.29, 1.82) is 0 Å². The number of aromatic nitrogens is 1. The fourth-order valence-corrected chi connectivity index (χ4v) is 2.90. The normalized spacial score (nSPS) is 13.3. The standard InChI is InChI=1S/C18H19N3O3/c1-11-9-13(12(2)20-11)10-19-16(22)7-8-21-17(23)14-5-3-4-6-15(14)18(21)24/h3-6,9,20H,7-8,10H2,1-2H3,(H,19,22). The molecule has 0 radical (unpaired) electrons. The Hall–Kier alpha value is -2.89. The van der Waals surface area contributed by atoms with E-state index in [1.54, 1.807) is 24.3 Å². The molecule has 2 heterocycles. The number of nitrogens with one attached hydrogen (secondary N) is 2. The first-order valence-electron chi connectivity index (χ1n) is 7.84. The predicted molar refractivity (Wildman–Crippen MR) is 88.5 cm³/mol. The number of hydrogen-bond donors (Lipinski definition) is 2. The second kappa shape index (κ2) is 6.31. The van der Waals surface area contributed by atoms with Gasteiger partial charge in [0.05, 0.1) is 11.1 Å². The zero-order valence-electron chi connectivity index (χ0n) is 13.7. The Labute approximate surface area is 139 Å². The topological polar surface area (TPSA) is 82.3 Å². The molecule has 0 fully saturated rings. The molecule has 0 saturated heterocycles. The number of amides is 3. The summed E-state index contributed by atoms with van der Waals surface area (Å²) in [6.07, 6.45) is 0.0912. The van der Waals surface area contributed by atoms with Crippen molar-refractivity contribution >= 4 is 17.7 Å². The van der Waals surface area contributed by atoms with Crippen LogP contribution in [0.15, 0.2) is 30.3 Å². The zero-order valence-corrected chi connectivity index (χ0v) is 13.7. The third-order valence-electron chi connectivity index (χ3n) is 4.17. The second-order valence-electron chi connectivity index (χ2n) is 5.94. The van der Waals surface area contributed by atoms with Crippen LogP contribution in [-0.4, -0.2) is 34.2 Å². The van der Waals surface area contributed by atoms with Crippen LogP contribution in [0.1, 0.15) is 44.1 Å². The summed E-state index contributed by atoms with van der Waals surface area (Å²) in [6, 6.07) is 8.70. The van der Waals surface area contributed by atoms with Gasteiger partial charge in [0.1, 0.15) is 0 Å². The van der Waals surface area contributed by atoms with E-state index < -0.39 is 0 Å². The predicted octanol–water partition coefficient (Wildman–Crippen LogP) is 1.93. The molecule has 0 bridgehead atoms. The first-order chi connectivity index (χ1) is 11.5. The average molecular weight is 325 g/mol. The number of imide groups is 1. The van der Waals surface area contributed by atoms with E-state index in [2.05, 4.69) is 10.3 Å². The first-order valence-corrected chi connectivity index (χ1v) is 7.84. The van der Waals surface area contributed by atoms with E-state index in [0.717, 1.165) is 21.9 Å². The van der Waals surface area contributed by atoms with E-state index in [0.29, 0.717) is 17.7 Å². The highest BCUT2D eigenvalue weighted by Gasteiger charge is 2.34. The molecule has 0 atom stereocenters. The lowest BCUT2D eigenvalue weighted by Crippen LogP contribution is -2.34. The number of carbonyl (C=O) groups excluding carboxylic acids is 3. The van der Waals surface area contributed by atoms with Crippen LogP contribution in [-0.2, 0) is 11.3 Å². The Morgan fingerprint density at radius 2 is 1.75 bits per heavy atom. The molecule has 2 aromatic rings. The third-order valence-corrected chi connectivity index (χ3v) is 4.17. The van der Waals surface area contributed by atoms with Gasteiger partial charge in [-0.15, -0.1) is 0 Å². The second-order valence-corrected chi connectivity index (χ2v) is 5.94. The number of benzene rings is 1. The Morgan fingerprint density at radius 3 is 2.29 bits per heavy atom. The molecule has 3 amide bonds. The number of hydrogen-bond acceptors (Lipinski definition) is 3. The summed E-state index contributed by atoms with van der Waals surface area (Å²) >= 11 is 0. The molecule has 6 heteroatoms. The summed E-state index contributed by atoms with van der Waals surface area (Å²) < 4.78 is 0. The van der Waals surface area contributed by atoms with Gasteiger partial charge < -0.3 is 10.3 Å². The van der Waals surface area contributed by atoms with Crippen LogP contribution in [0.3, 0.4) is 0 Å². The molecule has 3 rings (SSSR count). The van der Waals surface area contributed by atoms with Crippen molar-refractivity contribution in [3.63, 3.8) is 0 Å². The van der Waals surface area contributed by atoms with Crippen molar-refractivity contribution in [3.05, 3.63) is 58.4 Å². The Kier molecular flexibility index (Phi) is 4.20. The average Bonchev–Trinajstić information content (AvgIpc) is 3.01. The summed E-state index contributed by atoms with van der Waals surface area (Å²) in [5.74, 6) is -0.856. The maximum Gasteiger partial charge on any atom is 0.261 e. The number of fused-ring (bicyclic) bond motifs is 1. The van der Waals surface area contributed by atoms with Crippen molar-refractivity contribution in [3.8, 4) is 0 Å². The summed E-state index contributed by atoms with van der Waals surface area (Å²) in [5.41, 5.74) is 3.90. The van der Waals surface area contributed by atoms with Crippen LogP contribution >= 0.6 is 0 Å². The Bertz CT molecular complexity index is 788. The van der Waals surface area contributed by atoms with Gasteiger partial charge in [-0.1, -0.05) is 12.1 Å². The maximum absolute atomic E-state index is 12.2. The fraction of sp³-hybridized carbons (Fsp3) is 0.278. The van der Waals surface area contributed by atoms with Gasteiger partial charge in [-0.2, -0.15) is 0 Å². The highest BCUT2D eigenvalue weighted by Crippen LogP contribution is 2.22. The molecular weight excluding hydrogens is 306 g/mol. The van der Waals surface area contributed by atoms with Crippen LogP contribution in [0.2, 0.25) is 0 Å². The lowest BCUT2D eigenvalue weighted by molar-refractivity contribution is -0.121. The number of nitrogens with zero attached hydrogens (tertiary/aromatic N) is 1. The molecule has 1 aromatic heterocycles. The summed E-state index contributed by atoms with van der Waals surface area (Å²) in [4.78, 5) is 40.8. The minimum absolute atomic E-state index is 0.0866. The lowest BCUT2D eigenvalue weighted by atomic mass is 10.1. The van der Waals surface area contributed by atoms with E-state index >= 15 is 0 Å². The largest absolute Gasteiger partial charge is 0.362 e. The highest BCUT2D eigenvalue weighted by atomic mass is 16.2. The molecule has 1 aliphatic heterocycles. The van der Waals surface area contributed by atoms with Crippen molar-refractivity contribution in [2.45, 2.75) is 26.8 Å². The van der Waals surface area contributed by atoms with E-state index in [9.17, 15) is 14.4 Å². The van der Waals surface area contributed by atoms with Gasteiger partial charge in [0.25, 0.3) is 11.8 Å². The summed E-state index contributed by atoms with van der Waals surface area (Å²) in [6.45, 7) is 4.42. The van der Waals surface area contributed by atoms with Crippen LogP contribution < -0.4 is 5.32 Å². The van der Waals surface area contributed by atoms with E-state index in [1.807, 2.05) is 19.9 Å². The number of H-pyrrole nitrogens is 1. The molecule has 6 nitrogen and oxygen atoms in total. The Balaban J connectivity index is 1.55. The van der Waals surface area contributed by atoms with Crippen LogP contribution in [0, 0.1) is 13.8 Å². The smallest absolute Gasteiger partial charge is 0.261 e. The first kappa shape index (κ1) is 16.0. The van der Waals surface area contributed by atoms with Crippen molar-refractivity contribution in [2.24, 2.45) is 0 Å². The van der Waals surface area contributed by atoms with Gasteiger partial charge in [0.15, 0.2) is 0 Å². The number of aryl methyl sites for hydroxylation is 2. The van der Waals surface area contributed by atoms with Gasteiger partial charge in [-0.05, 0) is 37.6 Å². The van der Waals surface area contributed by atoms with E-state index in [1.165, 1.54) is 0 Å². The number of aromatic amines is 1. The highest BCUT2D eigenvalue weighted by molar-refractivity contribution is 6.21. The molecular formula is C18H19N3O3. The number of carbonyl (C=O) groups is 3. The molecule has 1 aliphatic rings. The van der Waals surface area contributed by atoms with Gasteiger partial charge in [-0.25, -0.2) is 0 Å². The maximum atomic E-state index is 12.2. The third kappa shape index (κ3) is 2.95. The quantitative estimate of drug-likeness (QED) is 0.824. The molecule has 124 valence electrons. The van der Waals surface area contributed by atoms with Crippen molar-refractivity contribution in [1.82, 2.24) is 15.2 Å². The monoisotopic (exact) mass is 325 g/mol. The lowest BCUT2D eigenvalue weighted by Gasteiger charge is -2.13. The van der Waals surface area contributed by atoms with Crippen LogP contribution in [0.4, 0.5) is 0 Å². The van der Waals surface area contributed by atoms with E-state index in [4.69, 9.17) is 0 Å². The van der Waals surface area contributed by atoms with Gasteiger partial charge in [-0.3, -0.25) is 19.3 Å². The van der Waals surface area contributed by atoms with Crippen molar-refractivity contribution < 1.29 is 14.4 Å². The summed E-state index contributed by atoms with van der Waals surface area (Å²) in [5, 5.41) is 2.82. The minimum atomic E-state index is -0.333. The summed E-state index contributed by atoms with van der Waals surface area (Å²) in [7, 11) is 0. The molecule has 0 spiro atoms. The molecule has 24 heavy (non-hydrogen) atoms. The van der Waals surface area contributed by atoms with Gasteiger partial charge in [0, 0.05) is 30.9 Å². The SMILES string of the molecule is Cc1cc(CNC(=O)CCN2C(=O)c3ccccc3C2=O)c(C)[nH]1. The van der Waals surface area contributed by atoms with Crippen LogP contribution in [0.25, 0.3) is 0 Å². The number of rotatable bonds is 5. The van der Waals surface area contributed by atoms with Crippen molar-refractivity contribution in [2.75, 3.05) is 6.54 Å². The molecule has 2 N–H and O–H groups in total. The van der Waals surface area contributed by atoms with E-state index in [-0.39, 0.29) is 30.7 Å². The zero-order chi connectivity index (χ0) is 17.3. The molecule has 1 aromatic carbocycles. The van der Waals surface area contributed by atoms with Gasteiger partial charge in [0.2, 0.25) is 5.91 Å². The fourth-order valence-electron chi connectivity index (χ4n) is 2.90. The Morgan fingerprint density at radius 1 is 1.12 bits per heavy atom. The van der Waals surface area contributed by atoms with Crippen LogP contribution in [0.5, 0.6) is 0 Å². The molecule has 0 saturated carbocycles. The molecule has 0 unspecified atom stereocenters. The minimum Gasteiger partial charge on any atom is -0.362 e. The van der Waals surface area contributed by atoms with Gasteiger partial charge >= 0.3 is 0 Å².